The molecule has 1 aromatic rings. The van der Waals surface area contributed by atoms with Gasteiger partial charge in [-0.25, -0.2) is 0 Å². The Hall–Kier alpha value is -1.94. The van der Waals surface area contributed by atoms with Crippen molar-refractivity contribution in [2.24, 2.45) is 5.92 Å². The number of carbonyl (C=O) groups excluding carboxylic acids is 1. The maximum absolute atomic E-state index is 11.8. The van der Waals surface area contributed by atoms with Gasteiger partial charge in [-0.3, -0.25) is 9.69 Å². The molecule has 2 aliphatic heterocycles. The van der Waals surface area contributed by atoms with Crippen molar-refractivity contribution < 1.29 is 14.3 Å². The molecule has 0 N–H and O–H groups in total. The number of hydrogen-bond acceptors (Lipinski definition) is 5. The van der Waals surface area contributed by atoms with Crippen molar-refractivity contribution in [2.45, 2.75) is 18.7 Å². The molecule has 1 amide bonds. The van der Waals surface area contributed by atoms with E-state index in [1.54, 1.807) is 19.0 Å². The second-order valence-corrected chi connectivity index (χ2v) is 6.65. The zero-order valence-electron chi connectivity index (χ0n) is 14.1. The van der Waals surface area contributed by atoms with E-state index in [0.717, 1.165) is 18.7 Å². The van der Waals surface area contributed by atoms with Gasteiger partial charge in [0.2, 0.25) is 5.91 Å². The fraction of sp³-hybridized carbons (Fsp3) is 0.556. The average Bonchev–Trinajstić information content (AvgIpc) is 3.17. The summed E-state index contributed by atoms with van der Waals surface area (Å²) in [5, 5.41) is 9.04. The summed E-state index contributed by atoms with van der Waals surface area (Å²) >= 11 is 0. The molecule has 6 heteroatoms. The quantitative estimate of drug-likeness (QED) is 0.802. The van der Waals surface area contributed by atoms with E-state index < -0.39 is 0 Å². The SMILES string of the molecule is CN(C)C(=O)CO[C@H]1CN(Cc2cccc(C#N)c2)[C@H]2COC[C@@H]12. The predicted molar refractivity (Wildman–Crippen MR) is 88.1 cm³/mol. The van der Waals surface area contributed by atoms with E-state index in [2.05, 4.69) is 11.0 Å². The van der Waals surface area contributed by atoms with Crippen molar-refractivity contribution in [2.75, 3.05) is 40.5 Å². The summed E-state index contributed by atoms with van der Waals surface area (Å²) in [4.78, 5) is 15.7. The van der Waals surface area contributed by atoms with E-state index in [-0.39, 0.29) is 18.6 Å². The van der Waals surface area contributed by atoms with Crippen LogP contribution in [-0.4, -0.2) is 68.3 Å². The molecule has 2 aliphatic rings. The lowest BCUT2D eigenvalue weighted by Gasteiger charge is -2.22. The lowest BCUT2D eigenvalue weighted by atomic mass is 10.0. The highest BCUT2D eigenvalue weighted by Gasteiger charge is 2.46. The zero-order valence-corrected chi connectivity index (χ0v) is 14.1. The third-order valence-electron chi connectivity index (χ3n) is 4.82. The Balaban J connectivity index is 1.64. The first-order chi connectivity index (χ1) is 11.6. The average molecular weight is 329 g/mol. The van der Waals surface area contributed by atoms with Crippen molar-refractivity contribution in [1.29, 1.82) is 5.26 Å². The topological polar surface area (TPSA) is 65.8 Å². The van der Waals surface area contributed by atoms with E-state index in [1.165, 1.54) is 0 Å². The van der Waals surface area contributed by atoms with Crippen molar-refractivity contribution in [3.05, 3.63) is 35.4 Å². The first kappa shape index (κ1) is 16.9. The van der Waals surface area contributed by atoms with Crippen LogP contribution in [0.1, 0.15) is 11.1 Å². The maximum atomic E-state index is 11.8. The molecule has 2 fully saturated rings. The number of amides is 1. The molecule has 24 heavy (non-hydrogen) atoms. The van der Waals surface area contributed by atoms with Crippen LogP contribution in [0.15, 0.2) is 24.3 Å². The van der Waals surface area contributed by atoms with Gasteiger partial charge in [-0.2, -0.15) is 5.26 Å². The van der Waals surface area contributed by atoms with Crippen molar-refractivity contribution in [3.63, 3.8) is 0 Å². The van der Waals surface area contributed by atoms with E-state index in [4.69, 9.17) is 14.7 Å². The number of hydrogen-bond donors (Lipinski definition) is 0. The summed E-state index contributed by atoms with van der Waals surface area (Å²) in [6.45, 7) is 3.04. The predicted octanol–water partition coefficient (Wildman–Crippen LogP) is 0.862. The second kappa shape index (κ2) is 7.31. The van der Waals surface area contributed by atoms with Crippen molar-refractivity contribution in [1.82, 2.24) is 9.80 Å². The monoisotopic (exact) mass is 329 g/mol. The molecule has 1 aromatic carbocycles. The van der Waals surface area contributed by atoms with Crippen LogP contribution >= 0.6 is 0 Å². The molecule has 3 rings (SSSR count). The van der Waals surface area contributed by atoms with Crippen LogP contribution in [0.4, 0.5) is 0 Å². The van der Waals surface area contributed by atoms with Gasteiger partial charge in [0.1, 0.15) is 6.61 Å². The van der Waals surface area contributed by atoms with Crippen molar-refractivity contribution >= 4 is 5.91 Å². The van der Waals surface area contributed by atoms with Gasteiger partial charge in [0.25, 0.3) is 0 Å². The molecule has 0 aromatic heterocycles. The van der Waals surface area contributed by atoms with Crippen molar-refractivity contribution in [3.8, 4) is 6.07 Å². The Bertz CT molecular complexity index is 641. The molecule has 0 radical (unpaired) electrons. The number of likely N-dealkylation sites (tertiary alicyclic amines) is 1. The summed E-state index contributed by atoms with van der Waals surface area (Å²) in [6, 6.07) is 10.2. The molecule has 2 saturated heterocycles. The number of fused-ring (bicyclic) bond motifs is 1. The molecule has 6 nitrogen and oxygen atoms in total. The highest BCUT2D eigenvalue weighted by molar-refractivity contribution is 5.76. The Labute approximate surface area is 142 Å². The van der Waals surface area contributed by atoms with Crippen LogP contribution < -0.4 is 0 Å². The van der Waals surface area contributed by atoms with Gasteiger partial charge >= 0.3 is 0 Å². The van der Waals surface area contributed by atoms with Crippen LogP contribution in [0.5, 0.6) is 0 Å². The summed E-state index contributed by atoms with van der Waals surface area (Å²) in [6.07, 6.45) is 0.0144. The summed E-state index contributed by atoms with van der Waals surface area (Å²) in [5.41, 5.74) is 1.79. The molecule has 128 valence electrons. The molecular weight excluding hydrogens is 306 g/mol. The van der Waals surface area contributed by atoms with Gasteiger partial charge in [0, 0.05) is 39.1 Å². The lowest BCUT2D eigenvalue weighted by Crippen LogP contribution is -2.32. The van der Waals surface area contributed by atoms with E-state index >= 15 is 0 Å². The summed E-state index contributed by atoms with van der Waals surface area (Å²) in [7, 11) is 3.46. The Kier molecular flexibility index (Phi) is 5.14. The molecule has 2 heterocycles. The van der Waals surface area contributed by atoms with E-state index in [9.17, 15) is 4.79 Å². The number of rotatable bonds is 5. The largest absolute Gasteiger partial charge is 0.379 e. The zero-order chi connectivity index (χ0) is 17.1. The normalized spacial score (nSPS) is 26.1. The minimum Gasteiger partial charge on any atom is -0.379 e. The van der Waals surface area contributed by atoms with Gasteiger partial charge in [0.15, 0.2) is 0 Å². The van der Waals surface area contributed by atoms with Gasteiger partial charge in [-0.1, -0.05) is 12.1 Å². The number of ether oxygens (including phenoxy) is 2. The Morgan fingerprint density at radius 1 is 1.46 bits per heavy atom. The molecule has 0 bridgehead atoms. The minimum atomic E-state index is -0.0226. The van der Waals surface area contributed by atoms with E-state index in [1.807, 2.05) is 24.3 Å². The van der Waals surface area contributed by atoms with Gasteiger partial charge in [-0.05, 0) is 17.7 Å². The molecular formula is C18H23N3O3. The fourth-order valence-electron chi connectivity index (χ4n) is 3.43. The van der Waals surface area contributed by atoms with Gasteiger partial charge in [-0.15, -0.1) is 0 Å². The third-order valence-corrected chi connectivity index (χ3v) is 4.82. The Morgan fingerprint density at radius 3 is 3.04 bits per heavy atom. The third kappa shape index (κ3) is 3.59. The second-order valence-electron chi connectivity index (χ2n) is 6.65. The maximum Gasteiger partial charge on any atom is 0.248 e. The van der Waals surface area contributed by atoms with Gasteiger partial charge < -0.3 is 14.4 Å². The van der Waals surface area contributed by atoms with Crippen LogP contribution in [0, 0.1) is 17.2 Å². The van der Waals surface area contributed by atoms with Gasteiger partial charge in [0.05, 0.1) is 31.0 Å². The van der Waals surface area contributed by atoms with Crippen LogP contribution in [-0.2, 0) is 20.8 Å². The standard InChI is InChI=1S/C18H23N3O3/c1-20(2)18(22)12-24-17-9-21(16-11-23-10-15(16)17)8-14-5-3-4-13(6-14)7-19/h3-6,15-17H,8-12H2,1-2H3/t15-,16+,17+/m1/s1. The first-order valence-electron chi connectivity index (χ1n) is 8.21. The minimum absolute atomic E-state index is 0.0144. The van der Waals surface area contributed by atoms with Crippen LogP contribution in [0.3, 0.4) is 0 Å². The highest BCUT2D eigenvalue weighted by atomic mass is 16.5. The highest BCUT2D eigenvalue weighted by Crippen LogP contribution is 2.33. The number of nitriles is 1. The number of carbonyl (C=O) groups is 1. The summed E-state index contributed by atoms with van der Waals surface area (Å²) in [5.74, 6) is 0.282. The lowest BCUT2D eigenvalue weighted by molar-refractivity contribution is -0.136. The molecule has 0 unspecified atom stereocenters. The molecule has 3 atom stereocenters. The number of likely N-dealkylation sites (N-methyl/N-ethyl adjacent to an activating group) is 1. The smallest absolute Gasteiger partial charge is 0.248 e. The Morgan fingerprint density at radius 2 is 2.29 bits per heavy atom. The molecule has 0 spiro atoms. The molecule has 0 saturated carbocycles. The van der Waals surface area contributed by atoms with E-state index in [0.29, 0.717) is 30.7 Å². The number of benzene rings is 1. The van der Waals surface area contributed by atoms with Crippen LogP contribution in [0.2, 0.25) is 0 Å². The summed E-state index contributed by atoms with van der Waals surface area (Å²) < 4.78 is 11.5. The number of nitrogens with zero attached hydrogens (tertiary/aromatic N) is 3. The first-order valence-corrected chi connectivity index (χ1v) is 8.21. The fourth-order valence-corrected chi connectivity index (χ4v) is 3.43. The van der Waals surface area contributed by atoms with Crippen LogP contribution in [0.25, 0.3) is 0 Å². The molecule has 0 aliphatic carbocycles.